The molecule has 1 aliphatic rings. The number of ether oxygens (including phenoxy) is 1. The number of benzene rings is 1. The lowest BCUT2D eigenvalue weighted by Crippen LogP contribution is -2.50. The highest BCUT2D eigenvalue weighted by Crippen LogP contribution is 2.15. The zero-order chi connectivity index (χ0) is 21.5. The van der Waals surface area contributed by atoms with E-state index in [1.807, 2.05) is 30.3 Å². The molecule has 1 N–H and O–H groups in total. The molecule has 3 rings (SSSR count). The van der Waals surface area contributed by atoms with Crippen LogP contribution >= 0.6 is 0 Å². The number of nitrogens with one attached hydrogen (secondary N) is 1. The SMILES string of the molecule is CC(C)[C@@H](NC(=O)c1ccco1)C(=O)OCC(=O)N1CCN(c2ccccc2)CC1. The van der Waals surface area contributed by atoms with Crippen LogP contribution in [0.3, 0.4) is 0 Å². The van der Waals surface area contributed by atoms with Crippen molar-refractivity contribution in [3.63, 3.8) is 0 Å². The van der Waals surface area contributed by atoms with Crippen LogP contribution in [-0.2, 0) is 14.3 Å². The molecule has 0 saturated carbocycles. The summed E-state index contributed by atoms with van der Waals surface area (Å²) in [4.78, 5) is 41.0. The quantitative estimate of drug-likeness (QED) is 0.698. The number of rotatable bonds is 7. The summed E-state index contributed by atoms with van der Waals surface area (Å²) >= 11 is 0. The Bertz CT molecular complexity index is 843. The Labute approximate surface area is 175 Å². The highest BCUT2D eigenvalue weighted by atomic mass is 16.5. The average Bonchev–Trinajstić information content (AvgIpc) is 3.31. The predicted octanol–water partition coefficient (Wildman–Crippen LogP) is 1.93. The highest BCUT2D eigenvalue weighted by molar-refractivity contribution is 5.94. The minimum Gasteiger partial charge on any atom is -0.459 e. The van der Waals surface area contributed by atoms with E-state index in [-0.39, 0.29) is 24.2 Å². The molecule has 0 unspecified atom stereocenters. The van der Waals surface area contributed by atoms with Gasteiger partial charge < -0.3 is 24.3 Å². The molecule has 1 aromatic carbocycles. The van der Waals surface area contributed by atoms with Crippen LogP contribution < -0.4 is 10.2 Å². The highest BCUT2D eigenvalue weighted by Gasteiger charge is 2.29. The summed E-state index contributed by atoms with van der Waals surface area (Å²) in [5, 5.41) is 2.61. The fraction of sp³-hybridized carbons (Fsp3) is 0.409. The number of nitrogens with zero attached hydrogens (tertiary/aromatic N) is 2. The second kappa shape index (κ2) is 9.96. The van der Waals surface area contributed by atoms with Gasteiger partial charge in [0.2, 0.25) is 0 Å². The van der Waals surface area contributed by atoms with Gasteiger partial charge in [-0.1, -0.05) is 32.0 Å². The molecule has 1 saturated heterocycles. The first kappa shape index (κ1) is 21.4. The number of amides is 2. The lowest BCUT2D eigenvalue weighted by atomic mass is 10.0. The molecule has 0 radical (unpaired) electrons. The van der Waals surface area contributed by atoms with Crippen molar-refractivity contribution in [1.82, 2.24) is 10.2 Å². The Morgan fingerprint density at radius 1 is 1.03 bits per heavy atom. The van der Waals surface area contributed by atoms with Crippen LogP contribution in [0.5, 0.6) is 0 Å². The third-order valence-corrected chi connectivity index (χ3v) is 5.04. The summed E-state index contributed by atoms with van der Waals surface area (Å²) in [6.45, 7) is 5.80. The molecule has 2 amide bonds. The molecular formula is C22H27N3O5. The van der Waals surface area contributed by atoms with Crippen molar-refractivity contribution in [2.45, 2.75) is 19.9 Å². The molecule has 0 bridgehead atoms. The number of furan rings is 1. The van der Waals surface area contributed by atoms with Crippen molar-refractivity contribution in [3.8, 4) is 0 Å². The van der Waals surface area contributed by atoms with Crippen molar-refractivity contribution in [2.75, 3.05) is 37.7 Å². The van der Waals surface area contributed by atoms with E-state index in [1.165, 1.54) is 12.3 Å². The molecule has 2 aromatic rings. The molecule has 160 valence electrons. The van der Waals surface area contributed by atoms with Crippen LogP contribution in [-0.4, -0.2) is 61.5 Å². The van der Waals surface area contributed by atoms with Gasteiger partial charge >= 0.3 is 5.97 Å². The summed E-state index contributed by atoms with van der Waals surface area (Å²) in [5.41, 5.74) is 1.13. The normalized spacial score (nSPS) is 15.0. The van der Waals surface area contributed by atoms with E-state index in [0.717, 1.165) is 18.8 Å². The van der Waals surface area contributed by atoms with E-state index in [4.69, 9.17) is 9.15 Å². The minimum absolute atomic E-state index is 0.112. The fourth-order valence-electron chi connectivity index (χ4n) is 3.28. The summed E-state index contributed by atoms with van der Waals surface area (Å²) in [6.07, 6.45) is 1.38. The molecule has 2 heterocycles. The van der Waals surface area contributed by atoms with Crippen molar-refractivity contribution >= 4 is 23.5 Å². The smallest absolute Gasteiger partial charge is 0.329 e. The van der Waals surface area contributed by atoms with Crippen molar-refractivity contribution < 1.29 is 23.5 Å². The summed E-state index contributed by atoms with van der Waals surface area (Å²) in [7, 11) is 0. The number of hydrogen-bond donors (Lipinski definition) is 1. The Morgan fingerprint density at radius 2 is 1.73 bits per heavy atom. The topological polar surface area (TPSA) is 92.1 Å². The maximum atomic E-state index is 12.5. The van der Waals surface area contributed by atoms with E-state index >= 15 is 0 Å². The third kappa shape index (κ3) is 5.40. The van der Waals surface area contributed by atoms with Crippen molar-refractivity contribution in [3.05, 3.63) is 54.5 Å². The number of carbonyl (C=O) groups is 3. The predicted molar refractivity (Wildman–Crippen MR) is 111 cm³/mol. The Morgan fingerprint density at radius 3 is 2.33 bits per heavy atom. The van der Waals surface area contributed by atoms with E-state index in [9.17, 15) is 14.4 Å². The van der Waals surface area contributed by atoms with Gasteiger partial charge in [-0.2, -0.15) is 0 Å². The average molecular weight is 413 g/mol. The van der Waals surface area contributed by atoms with Gasteiger partial charge in [0, 0.05) is 31.9 Å². The van der Waals surface area contributed by atoms with Crippen LogP contribution in [0, 0.1) is 5.92 Å². The largest absolute Gasteiger partial charge is 0.459 e. The molecule has 8 nitrogen and oxygen atoms in total. The number of anilines is 1. The number of piperazine rings is 1. The van der Waals surface area contributed by atoms with E-state index < -0.39 is 17.9 Å². The van der Waals surface area contributed by atoms with Gasteiger partial charge in [-0.25, -0.2) is 4.79 Å². The number of para-hydroxylation sites is 1. The molecule has 0 aliphatic carbocycles. The van der Waals surface area contributed by atoms with Crippen molar-refractivity contribution in [2.24, 2.45) is 5.92 Å². The van der Waals surface area contributed by atoms with Gasteiger partial charge in [-0.05, 0) is 30.2 Å². The van der Waals surface area contributed by atoms with Crippen LogP contribution in [0.2, 0.25) is 0 Å². The van der Waals surface area contributed by atoms with Gasteiger partial charge in [0.05, 0.1) is 6.26 Å². The number of carbonyl (C=O) groups excluding carboxylic acids is 3. The molecule has 8 heteroatoms. The Kier molecular flexibility index (Phi) is 7.11. The Balaban J connectivity index is 1.47. The van der Waals surface area contributed by atoms with E-state index in [1.54, 1.807) is 24.8 Å². The van der Waals surface area contributed by atoms with Gasteiger partial charge in [-0.3, -0.25) is 9.59 Å². The second-order valence-electron chi connectivity index (χ2n) is 7.48. The van der Waals surface area contributed by atoms with Gasteiger partial charge in [0.1, 0.15) is 6.04 Å². The summed E-state index contributed by atoms with van der Waals surface area (Å²) in [6, 6.07) is 12.3. The first-order chi connectivity index (χ1) is 14.5. The van der Waals surface area contributed by atoms with Crippen LogP contribution in [0.1, 0.15) is 24.4 Å². The molecular weight excluding hydrogens is 386 g/mol. The van der Waals surface area contributed by atoms with Crippen LogP contribution in [0.4, 0.5) is 5.69 Å². The second-order valence-corrected chi connectivity index (χ2v) is 7.48. The molecule has 30 heavy (non-hydrogen) atoms. The first-order valence-electron chi connectivity index (χ1n) is 10.0. The van der Waals surface area contributed by atoms with Gasteiger partial charge in [0.25, 0.3) is 11.8 Å². The number of esters is 1. The van der Waals surface area contributed by atoms with Gasteiger partial charge in [0.15, 0.2) is 12.4 Å². The maximum absolute atomic E-state index is 12.5. The molecule has 1 aliphatic heterocycles. The monoisotopic (exact) mass is 413 g/mol. The first-order valence-corrected chi connectivity index (χ1v) is 10.0. The zero-order valence-electron chi connectivity index (χ0n) is 17.2. The fourth-order valence-corrected chi connectivity index (χ4v) is 3.28. The standard InChI is InChI=1S/C22H27N3O5/c1-16(2)20(23-21(27)18-9-6-14-29-18)22(28)30-15-19(26)25-12-10-24(11-13-25)17-7-4-3-5-8-17/h3-9,14,16,20H,10-13,15H2,1-2H3,(H,23,27)/t20-/m1/s1. The Hall–Kier alpha value is -3.29. The molecule has 1 aromatic heterocycles. The zero-order valence-corrected chi connectivity index (χ0v) is 17.2. The van der Waals surface area contributed by atoms with Gasteiger partial charge in [-0.15, -0.1) is 0 Å². The molecule has 1 atom stereocenters. The van der Waals surface area contributed by atoms with Crippen molar-refractivity contribution in [1.29, 1.82) is 0 Å². The summed E-state index contributed by atoms with van der Waals surface area (Å²) < 4.78 is 10.3. The molecule has 1 fully saturated rings. The summed E-state index contributed by atoms with van der Waals surface area (Å²) in [5.74, 6) is -1.47. The lowest BCUT2D eigenvalue weighted by Gasteiger charge is -2.36. The third-order valence-electron chi connectivity index (χ3n) is 5.04. The maximum Gasteiger partial charge on any atom is 0.329 e. The minimum atomic E-state index is -0.870. The number of hydrogen-bond acceptors (Lipinski definition) is 6. The van der Waals surface area contributed by atoms with E-state index in [0.29, 0.717) is 13.1 Å². The van der Waals surface area contributed by atoms with Crippen LogP contribution in [0.25, 0.3) is 0 Å². The van der Waals surface area contributed by atoms with Crippen LogP contribution in [0.15, 0.2) is 53.1 Å². The molecule has 0 spiro atoms. The van der Waals surface area contributed by atoms with E-state index in [2.05, 4.69) is 10.2 Å². The lowest BCUT2D eigenvalue weighted by molar-refractivity contribution is -0.154.